The Kier molecular flexibility index (Phi) is 8.39. The van der Waals surface area contributed by atoms with E-state index in [1.165, 1.54) is 58.8 Å². The Morgan fingerprint density at radius 1 is 0.328 bits per heavy atom. The van der Waals surface area contributed by atoms with Crippen LogP contribution in [0.3, 0.4) is 0 Å². The minimum atomic E-state index is 0.882. The summed E-state index contributed by atoms with van der Waals surface area (Å²) in [6.45, 7) is 0. The zero-order chi connectivity index (χ0) is 40.3. The molecule has 0 N–H and O–H groups in total. The Bertz CT molecular complexity index is 3610. The lowest BCUT2D eigenvalue weighted by Gasteiger charge is -2.29. The van der Waals surface area contributed by atoms with E-state index in [9.17, 15) is 0 Å². The number of hydrogen-bond donors (Lipinski definition) is 0. The second kappa shape index (κ2) is 14.5. The first-order chi connectivity index (χ1) is 30.2. The van der Waals surface area contributed by atoms with E-state index in [1.54, 1.807) is 0 Å². The fraction of sp³-hybridized carbons (Fsp3) is 0. The predicted octanol–water partition coefficient (Wildman–Crippen LogP) is 17.2. The SMILES string of the molecule is c1cc(-c2ccccc2-c2ccc3ccccc3c2)cc(N(c2ccc(-c3ccc4c(c3)sc3ccccc34)cc2)c2ccccc2-c2cccc3oc4ccccc4c23)c1. The molecule has 0 fully saturated rings. The molecular formula is C58H37NOS. The van der Waals surface area contributed by atoms with E-state index in [0.717, 1.165) is 55.7 Å². The fourth-order valence-electron chi connectivity index (χ4n) is 9.19. The first-order valence-corrected chi connectivity index (χ1v) is 21.6. The normalized spacial score (nSPS) is 11.6. The van der Waals surface area contributed by atoms with Crippen molar-refractivity contribution in [3.63, 3.8) is 0 Å². The third-order valence-electron chi connectivity index (χ3n) is 12.1. The van der Waals surface area contributed by atoms with Crippen molar-refractivity contribution < 1.29 is 4.42 Å². The third kappa shape index (κ3) is 6.09. The highest BCUT2D eigenvalue weighted by Gasteiger charge is 2.21. The van der Waals surface area contributed by atoms with Crippen LogP contribution in [0.1, 0.15) is 0 Å². The number of para-hydroxylation sites is 2. The van der Waals surface area contributed by atoms with Crippen LogP contribution < -0.4 is 4.90 Å². The van der Waals surface area contributed by atoms with Crippen LogP contribution in [0.25, 0.3) is 97.4 Å². The molecular weight excluding hydrogens is 759 g/mol. The van der Waals surface area contributed by atoms with Crippen molar-refractivity contribution >= 4 is 81.3 Å². The molecule has 0 saturated heterocycles. The molecule has 0 unspecified atom stereocenters. The van der Waals surface area contributed by atoms with E-state index in [2.05, 4.69) is 223 Å². The van der Waals surface area contributed by atoms with Crippen molar-refractivity contribution in [2.45, 2.75) is 0 Å². The molecule has 0 spiro atoms. The molecule has 0 aliphatic heterocycles. The Labute approximate surface area is 357 Å². The first kappa shape index (κ1) is 35.2. The van der Waals surface area contributed by atoms with Gasteiger partial charge in [0.1, 0.15) is 11.2 Å². The molecule has 0 saturated carbocycles. The number of rotatable bonds is 7. The molecule has 0 amide bonds. The van der Waals surface area contributed by atoms with Crippen LogP contribution in [-0.4, -0.2) is 0 Å². The number of nitrogens with zero attached hydrogens (tertiary/aromatic N) is 1. The summed E-state index contributed by atoms with van der Waals surface area (Å²) in [4.78, 5) is 2.41. The van der Waals surface area contributed by atoms with Crippen LogP contribution in [0.5, 0.6) is 0 Å². The molecule has 10 aromatic carbocycles. The molecule has 2 nitrogen and oxygen atoms in total. The highest BCUT2D eigenvalue weighted by atomic mass is 32.1. The van der Waals surface area contributed by atoms with Crippen molar-refractivity contribution in [2.24, 2.45) is 0 Å². The molecule has 2 heterocycles. The minimum Gasteiger partial charge on any atom is -0.456 e. The van der Waals surface area contributed by atoms with E-state index >= 15 is 0 Å². The van der Waals surface area contributed by atoms with Gasteiger partial charge in [0.2, 0.25) is 0 Å². The highest BCUT2D eigenvalue weighted by Crippen LogP contribution is 2.46. The van der Waals surface area contributed by atoms with E-state index in [1.807, 2.05) is 17.4 Å². The average molecular weight is 796 g/mol. The second-order valence-electron chi connectivity index (χ2n) is 15.6. The zero-order valence-corrected chi connectivity index (χ0v) is 33.9. The van der Waals surface area contributed by atoms with Crippen LogP contribution in [0.4, 0.5) is 17.1 Å². The number of thiophene rings is 1. The van der Waals surface area contributed by atoms with Crippen LogP contribution in [0, 0.1) is 0 Å². The summed E-state index contributed by atoms with van der Waals surface area (Å²) in [6, 6.07) is 81.3. The van der Waals surface area contributed by atoms with Gasteiger partial charge in [0.15, 0.2) is 0 Å². The number of hydrogen-bond acceptors (Lipinski definition) is 3. The lowest BCUT2D eigenvalue weighted by Crippen LogP contribution is -2.11. The van der Waals surface area contributed by atoms with Gasteiger partial charge in [-0.15, -0.1) is 11.3 Å². The minimum absolute atomic E-state index is 0.882. The van der Waals surface area contributed by atoms with E-state index in [0.29, 0.717) is 0 Å². The van der Waals surface area contributed by atoms with Crippen molar-refractivity contribution in [1.29, 1.82) is 0 Å². The molecule has 61 heavy (non-hydrogen) atoms. The standard InChI is InChI=1S/C58H37NOS/c1-2-14-40-35-43(28-27-38(40)13-1)47-18-4-3-17-46(47)42-15-11-16-45(36-42)59(44-32-29-39(30-33-44)41-31-34-50-49-20-7-10-26-56(49)61-57(50)37-41)53-23-8-5-19-48(53)51-22-12-25-55-58(51)52-21-6-9-24-54(52)60-55/h1-37H. The van der Waals surface area contributed by atoms with Crippen LogP contribution >= 0.6 is 11.3 Å². The van der Waals surface area contributed by atoms with E-state index in [-0.39, 0.29) is 0 Å². The van der Waals surface area contributed by atoms with Gasteiger partial charge < -0.3 is 9.32 Å². The molecule has 12 aromatic rings. The zero-order valence-electron chi connectivity index (χ0n) is 33.1. The van der Waals surface area contributed by atoms with Gasteiger partial charge in [-0.25, -0.2) is 0 Å². The number of benzene rings is 10. The molecule has 0 atom stereocenters. The Morgan fingerprint density at radius 2 is 0.951 bits per heavy atom. The topological polar surface area (TPSA) is 16.4 Å². The fourth-order valence-corrected chi connectivity index (χ4v) is 10.3. The summed E-state index contributed by atoms with van der Waals surface area (Å²) in [7, 11) is 0. The van der Waals surface area contributed by atoms with Crippen LogP contribution in [0.2, 0.25) is 0 Å². The predicted molar refractivity (Wildman–Crippen MR) is 261 cm³/mol. The average Bonchev–Trinajstić information content (AvgIpc) is 3.90. The smallest absolute Gasteiger partial charge is 0.136 e. The van der Waals surface area contributed by atoms with E-state index < -0.39 is 0 Å². The van der Waals surface area contributed by atoms with Crippen molar-refractivity contribution in [2.75, 3.05) is 4.90 Å². The van der Waals surface area contributed by atoms with Gasteiger partial charge in [-0.1, -0.05) is 164 Å². The Morgan fingerprint density at radius 3 is 1.82 bits per heavy atom. The third-order valence-corrected chi connectivity index (χ3v) is 13.2. The Balaban J connectivity index is 1.02. The summed E-state index contributed by atoms with van der Waals surface area (Å²) in [5, 5.41) is 7.34. The monoisotopic (exact) mass is 795 g/mol. The van der Waals surface area contributed by atoms with Gasteiger partial charge in [0, 0.05) is 47.9 Å². The molecule has 0 aliphatic carbocycles. The van der Waals surface area contributed by atoms with Gasteiger partial charge in [0.25, 0.3) is 0 Å². The molecule has 2 aromatic heterocycles. The Hall–Kier alpha value is -7.72. The van der Waals surface area contributed by atoms with Gasteiger partial charge in [-0.3, -0.25) is 0 Å². The second-order valence-corrected chi connectivity index (χ2v) is 16.7. The van der Waals surface area contributed by atoms with Crippen LogP contribution in [0.15, 0.2) is 229 Å². The maximum absolute atomic E-state index is 6.41. The molecule has 286 valence electrons. The van der Waals surface area contributed by atoms with Gasteiger partial charge in [-0.2, -0.15) is 0 Å². The number of fused-ring (bicyclic) bond motifs is 7. The maximum atomic E-state index is 6.41. The van der Waals surface area contributed by atoms with Gasteiger partial charge in [-0.05, 0) is 110 Å². The van der Waals surface area contributed by atoms with Crippen molar-refractivity contribution in [1.82, 2.24) is 0 Å². The summed E-state index contributed by atoms with van der Waals surface area (Å²) < 4.78 is 9.03. The maximum Gasteiger partial charge on any atom is 0.136 e. The lowest BCUT2D eigenvalue weighted by atomic mass is 9.92. The van der Waals surface area contributed by atoms with Gasteiger partial charge >= 0.3 is 0 Å². The van der Waals surface area contributed by atoms with Crippen molar-refractivity contribution in [3.8, 4) is 44.5 Å². The highest BCUT2D eigenvalue weighted by molar-refractivity contribution is 7.25. The summed E-state index contributed by atoms with van der Waals surface area (Å²) in [6.07, 6.45) is 0. The number of anilines is 3. The molecule has 0 aliphatic rings. The van der Waals surface area contributed by atoms with Crippen molar-refractivity contribution in [3.05, 3.63) is 224 Å². The summed E-state index contributed by atoms with van der Waals surface area (Å²) in [5.74, 6) is 0. The van der Waals surface area contributed by atoms with E-state index in [4.69, 9.17) is 4.42 Å². The molecule has 3 heteroatoms. The molecule has 12 rings (SSSR count). The summed E-state index contributed by atoms with van der Waals surface area (Å²) >= 11 is 1.86. The van der Waals surface area contributed by atoms with Crippen LogP contribution in [-0.2, 0) is 0 Å². The first-order valence-electron chi connectivity index (χ1n) is 20.7. The molecule has 0 bridgehead atoms. The molecule has 0 radical (unpaired) electrons. The quantitative estimate of drug-likeness (QED) is 0.160. The lowest BCUT2D eigenvalue weighted by molar-refractivity contribution is 0.669. The van der Waals surface area contributed by atoms with Gasteiger partial charge in [0.05, 0.1) is 5.69 Å². The number of furan rings is 1. The largest absolute Gasteiger partial charge is 0.456 e. The summed E-state index contributed by atoms with van der Waals surface area (Å²) in [5.41, 5.74) is 14.4.